The Balaban J connectivity index is 1.38. The van der Waals surface area contributed by atoms with Crippen LogP contribution in [0.15, 0.2) is 54.6 Å². The molecule has 1 fully saturated rings. The van der Waals surface area contributed by atoms with Crippen LogP contribution in [0.3, 0.4) is 0 Å². The van der Waals surface area contributed by atoms with Crippen molar-refractivity contribution in [2.75, 3.05) is 64.3 Å². The van der Waals surface area contributed by atoms with E-state index in [0.29, 0.717) is 43.2 Å². The van der Waals surface area contributed by atoms with Gasteiger partial charge in [-0.3, -0.25) is 4.79 Å². The second-order valence-corrected chi connectivity index (χ2v) is 8.07. The van der Waals surface area contributed by atoms with Crippen molar-refractivity contribution in [2.24, 2.45) is 0 Å². The Morgan fingerprint density at radius 1 is 0.848 bits per heavy atom. The highest BCUT2D eigenvalue weighted by Crippen LogP contribution is 2.31. The molecule has 1 aromatic heterocycles. The van der Waals surface area contributed by atoms with Crippen LogP contribution in [-0.4, -0.2) is 75.5 Å². The van der Waals surface area contributed by atoms with Crippen molar-refractivity contribution < 1.29 is 14.3 Å². The van der Waals surface area contributed by atoms with Gasteiger partial charge in [0.2, 0.25) is 0 Å². The summed E-state index contributed by atoms with van der Waals surface area (Å²) >= 11 is 0. The van der Waals surface area contributed by atoms with Gasteiger partial charge in [0.1, 0.15) is 0 Å². The molecule has 8 heteroatoms. The molecule has 1 aliphatic heterocycles. The molecule has 1 saturated heterocycles. The molecule has 8 nitrogen and oxygen atoms in total. The Labute approximate surface area is 194 Å². The minimum Gasteiger partial charge on any atom is -0.493 e. The molecule has 0 saturated carbocycles. The monoisotopic (exact) mass is 447 g/mol. The summed E-state index contributed by atoms with van der Waals surface area (Å²) in [6.45, 7) is 2.72. The molecule has 1 amide bonds. The molecule has 0 N–H and O–H groups in total. The summed E-state index contributed by atoms with van der Waals surface area (Å²) in [6.07, 6.45) is 0. The normalized spacial score (nSPS) is 13.6. The molecule has 0 aliphatic carbocycles. The largest absolute Gasteiger partial charge is 0.493 e. The van der Waals surface area contributed by atoms with Gasteiger partial charge in [-0.1, -0.05) is 0 Å². The molecule has 1 aliphatic rings. The number of amides is 1. The Hall–Kier alpha value is -3.81. The maximum atomic E-state index is 12.9. The number of piperazine rings is 1. The van der Waals surface area contributed by atoms with Gasteiger partial charge >= 0.3 is 0 Å². The molecular weight excluding hydrogens is 418 g/mol. The van der Waals surface area contributed by atoms with E-state index < -0.39 is 0 Å². The lowest BCUT2D eigenvalue weighted by Crippen LogP contribution is -2.49. The summed E-state index contributed by atoms with van der Waals surface area (Å²) in [4.78, 5) is 18.9. The first kappa shape index (κ1) is 22.4. The van der Waals surface area contributed by atoms with Gasteiger partial charge in [-0.25, -0.2) is 0 Å². The van der Waals surface area contributed by atoms with Crippen LogP contribution < -0.4 is 19.3 Å². The molecule has 0 unspecified atom stereocenters. The van der Waals surface area contributed by atoms with Crippen LogP contribution in [-0.2, 0) is 0 Å². The number of ether oxygens (including phenoxy) is 2. The lowest BCUT2D eigenvalue weighted by molar-refractivity contribution is 0.0746. The van der Waals surface area contributed by atoms with E-state index in [1.165, 1.54) is 0 Å². The van der Waals surface area contributed by atoms with E-state index in [1.54, 1.807) is 14.2 Å². The van der Waals surface area contributed by atoms with Gasteiger partial charge in [0, 0.05) is 57.1 Å². The number of hydrogen-bond donors (Lipinski definition) is 0. The molecule has 0 radical (unpaired) electrons. The Morgan fingerprint density at radius 3 is 2.12 bits per heavy atom. The van der Waals surface area contributed by atoms with Crippen molar-refractivity contribution in [3.8, 4) is 22.8 Å². The summed E-state index contributed by atoms with van der Waals surface area (Å²) in [7, 11) is 7.19. The van der Waals surface area contributed by atoms with E-state index in [4.69, 9.17) is 9.47 Å². The maximum Gasteiger partial charge on any atom is 0.253 e. The predicted molar refractivity (Wildman–Crippen MR) is 129 cm³/mol. The number of carbonyl (C=O) groups excluding carboxylic acids is 1. The highest BCUT2D eigenvalue weighted by atomic mass is 16.5. The quantitative estimate of drug-likeness (QED) is 0.575. The number of benzene rings is 2. The van der Waals surface area contributed by atoms with Crippen LogP contribution in [0, 0.1) is 0 Å². The van der Waals surface area contributed by atoms with Crippen LogP contribution in [0.1, 0.15) is 10.4 Å². The molecule has 3 aromatic rings. The third-order valence-electron chi connectivity index (χ3n) is 5.85. The number of rotatable bonds is 6. The van der Waals surface area contributed by atoms with E-state index in [1.807, 2.05) is 78.5 Å². The average molecular weight is 448 g/mol. The zero-order valence-electron chi connectivity index (χ0n) is 19.5. The number of anilines is 2. The summed E-state index contributed by atoms with van der Waals surface area (Å²) in [5.74, 6) is 2.20. The fourth-order valence-corrected chi connectivity index (χ4v) is 3.87. The van der Waals surface area contributed by atoms with E-state index >= 15 is 0 Å². The van der Waals surface area contributed by atoms with Gasteiger partial charge in [0.05, 0.1) is 19.9 Å². The molecule has 33 heavy (non-hydrogen) atoms. The van der Waals surface area contributed by atoms with Crippen molar-refractivity contribution >= 4 is 17.4 Å². The average Bonchev–Trinajstić information content (AvgIpc) is 2.88. The minimum absolute atomic E-state index is 0.0647. The van der Waals surface area contributed by atoms with Crippen LogP contribution in [0.5, 0.6) is 11.5 Å². The molecule has 0 spiro atoms. The topological polar surface area (TPSA) is 71.0 Å². The zero-order chi connectivity index (χ0) is 23.4. The van der Waals surface area contributed by atoms with Gasteiger partial charge in [-0.15, -0.1) is 10.2 Å². The minimum atomic E-state index is 0.0647. The van der Waals surface area contributed by atoms with E-state index in [2.05, 4.69) is 15.1 Å². The SMILES string of the molecule is COc1ccc(-c2ccc(N3CCN(C(=O)c4ccc(N(C)C)cc4)CC3)nn2)cc1OC. The van der Waals surface area contributed by atoms with E-state index in [-0.39, 0.29) is 5.91 Å². The molecule has 0 bridgehead atoms. The number of carbonyl (C=O) groups is 1. The Bertz CT molecular complexity index is 1090. The predicted octanol–water partition coefficient (Wildman–Crippen LogP) is 3.19. The van der Waals surface area contributed by atoms with Gasteiger partial charge in [-0.2, -0.15) is 0 Å². The number of aromatic nitrogens is 2. The molecular formula is C25H29N5O3. The molecule has 172 valence electrons. The van der Waals surface area contributed by atoms with Gasteiger partial charge < -0.3 is 24.2 Å². The van der Waals surface area contributed by atoms with Crippen molar-refractivity contribution in [3.63, 3.8) is 0 Å². The highest BCUT2D eigenvalue weighted by Gasteiger charge is 2.23. The van der Waals surface area contributed by atoms with Gasteiger partial charge in [0.15, 0.2) is 17.3 Å². The van der Waals surface area contributed by atoms with E-state index in [9.17, 15) is 4.79 Å². The molecule has 2 heterocycles. The third-order valence-corrected chi connectivity index (χ3v) is 5.85. The fraction of sp³-hybridized carbons (Fsp3) is 0.320. The Morgan fingerprint density at radius 2 is 1.55 bits per heavy atom. The molecule has 2 aromatic carbocycles. The molecule has 0 atom stereocenters. The summed E-state index contributed by atoms with van der Waals surface area (Å²) in [5, 5.41) is 8.83. The van der Waals surface area contributed by atoms with Crippen LogP contribution in [0.25, 0.3) is 11.3 Å². The lowest BCUT2D eigenvalue weighted by atomic mass is 10.1. The number of hydrogen-bond acceptors (Lipinski definition) is 7. The maximum absolute atomic E-state index is 12.9. The second-order valence-electron chi connectivity index (χ2n) is 8.07. The summed E-state index contributed by atoms with van der Waals surface area (Å²) < 4.78 is 10.7. The third kappa shape index (κ3) is 4.84. The first-order valence-electron chi connectivity index (χ1n) is 10.9. The van der Waals surface area contributed by atoms with Gasteiger partial charge in [0.25, 0.3) is 5.91 Å². The van der Waals surface area contributed by atoms with Crippen LogP contribution >= 0.6 is 0 Å². The lowest BCUT2D eigenvalue weighted by Gasteiger charge is -2.35. The number of nitrogens with zero attached hydrogens (tertiary/aromatic N) is 5. The molecule has 4 rings (SSSR count). The van der Waals surface area contributed by atoms with Crippen LogP contribution in [0.2, 0.25) is 0 Å². The van der Waals surface area contributed by atoms with Crippen molar-refractivity contribution in [2.45, 2.75) is 0 Å². The van der Waals surface area contributed by atoms with Crippen molar-refractivity contribution in [3.05, 3.63) is 60.2 Å². The first-order chi connectivity index (χ1) is 16.0. The van der Waals surface area contributed by atoms with E-state index in [0.717, 1.165) is 22.8 Å². The van der Waals surface area contributed by atoms with Crippen LogP contribution in [0.4, 0.5) is 11.5 Å². The summed E-state index contributed by atoms with van der Waals surface area (Å²) in [6, 6.07) is 17.3. The van der Waals surface area contributed by atoms with Gasteiger partial charge in [-0.05, 0) is 54.6 Å². The second kappa shape index (κ2) is 9.77. The highest BCUT2D eigenvalue weighted by molar-refractivity contribution is 5.94. The fourth-order valence-electron chi connectivity index (χ4n) is 3.87. The first-order valence-corrected chi connectivity index (χ1v) is 10.9. The Kier molecular flexibility index (Phi) is 6.63. The number of methoxy groups -OCH3 is 2. The van der Waals surface area contributed by atoms with Crippen molar-refractivity contribution in [1.82, 2.24) is 15.1 Å². The zero-order valence-corrected chi connectivity index (χ0v) is 19.5. The smallest absolute Gasteiger partial charge is 0.253 e. The summed E-state index contributed by atoms with van der Waals surface area (Å²) in [5.41, 5.74) is 3.46. The van der Waals surface area contributed by atoms with Crippen molar-refractivity contribution in [1.29, 1.82) is 0 Å². The standard InChI is InChI=1S/C25H29N5O3/c1-28(2)20-8-5-18(6-9-20)25(31)30-15-13-29(14-16-30)24-12-10-21(26-27-24)19-7-11-22(32-3)23(17-19)33-4/h5-12,17H,13-16H2,1-4H3.